The molecular weight excluding hydrogens is 742 g/mol. The molecule has 4 aromatic rings. The first kappa shape index (κ1) is 27.9. The van der Waals surface area contributed by atoms with Crippen LogP contribution in [0.25, 0.3) is 21.5 Å². The van der Waals surface area contributed by atoms with Crippen LogP contribution in [0.4, 0.5) is 0 Å². The van der Waals surface area contributed by atoms with Gasteiger partial charge in [0.1, 0.15) is 0 Å². The van der Waals surface area contributed by atoms with Crippen molar-refractivity contribution in [2.45, 2.75) is 6.42 Å². The largest absolute Gasteiger partial charge is 0.183 e. The van der Waals surface area contributed by atoms with E-state index in [0.29, 0.717) is 0 Å². The van der Waals surface area contributed by atoms with Gasteiger partial charge in [-0.1, -0.05) is 24.3 Å². The molecule has 0 aliphatic carbocycles. The van der Waals surface area contributed by atoms with Gasteiger partial charge < -0.3 is 0 Å². The van der Waals surface area contributed by atoms with Gasteiger partial charge in [0.05, 0.1) is 0 Å². The Morgan fingerprint density at radius 2 is 1.04 bits per heavy atom. The fourth-order valence-electron chi connectivity index (χ4n) is 2.81. The quantitative estimate of drug-likeness (QED) is 0.259. The van der Waals surface area contributed by atoms with Crippen molar-refractivity contribution < 1.29 is 110 Å². The molecular formula is C21H14RaRbY2-2. The molecule has 0 aromatic heterocycles. The maximum absolute atomic E-state index is 3.12. The summed E-state index contributed by atoms with van der Waals surface area (Å²) in [6.45, 7) is 0. The van der Waals surface area contributed by atoms with Crippen LogP contribution >= 0.6 is 0 Å². The second-order valence-corrected chi connectivity index (χ2v) is 5.39. The van der Waals surface area contributed by atoms with Crippen LogP contribution in [0, 0.1) is 57.1 Å². The predicted molar refractivity (Wildman–Crippen MR) is 94.1 cm³/mol. The van der Waals surface area contributed by atoms with Gasteiger partial charge in [0.25, 0.3) is 0 Å². The minimum absolute atomic E-state index is 0. The predicted octanol–water partition coefficient (Wildman–Crippen LogP) is 4.80. The molecule has 0 aliphatic heterocycles. The zero-order chi connectivity index (χ0) is 14.1. The fraction of sp³-hybridized carbons (Fsp3) is 0.0476. The van der Waals surface area contributed by atoms with Gasteiger partial charge in [-0.05, 0) is 17.5 Å². The minimum Gasteiger partial charge on any atom is -0.183 e. The molecule has 0 nitrogen and oxygen atoms in total. The summed E-state index contributed by atoms with van der Waals surface area (Å²) in [4.78, 5) is 0. The van der Waals surface area contributed by atoms with E-state index in [1.54, 1.807) is 0 Å². The summed E-state index contributed by atoms with van der Waals surface area (Å²) in [5.74, 6) is 0. The molecule has 0 fully saturated rings. The zero-order valence-corrected chi connectivity index (χ0v) is 30.9. The van der Waals surface area contributed by atoms with E-state index in [1.165, 1.54) is 32.7 Å². The summed E-state index contributed by atoms with van der Waals surface area (Å²) < 4.78 is 0. The molecule has 0 aliphatic rings. The topological polar surface area (TPSA) is 0 Å². The van der Waals surface area contributed by atoms with Crippen molar-refractivity contribution in [3.8, 4) is 0 Å². The van der Waals surface area contributed by atoms with Crippen molar-refractivity contribution in [2.24, 2.45) is 0 Å². The number of fused-ring (bicyclic) bond motifs is 2. The average Bonchev–Trinajstić information content (AvgIpc) is 2.55. The summed E-state index contributed by atoms with van der Waals surface area (Å²) in [5, 5.41) is 5.05. The molecule has 4 aromatic carbocycles. The molecule has 0 heterocycles. The Hall–Kier alpha value is 2.88. The normalized spacial score (nSPS) is 9.28. The van der Waals surface area contributed by atoms with Crippen LogP contribution < -0.4 is 0 Å². The SMILES string of the molecule is [Ra].[Rb].[Y].[Y].[c-]1ccc2cc(Cc3ccc4c[c-]ccc4c3)ccc2c1. The van der Waals surface area contributed by atoms with Crippen molar-refractivity contribution in [3.05, 3.63) is 96.1 Å². The number of hydrogen-bond donors (Lipinski definition) is 0. The van der Waals surface area contributed by atoms with E-state index in [-0.39, 0.29) is 169 Å². The summed E-state index contributed by atoms with van der Waals surface area (Å²) >= 11 is 0. The van der Waals surface area contributed by atoms with Crippen molar-refractivity contribution in [2.75, 3.05) is 0 Å². The van der Waals surface area contributed by atoms with E-state index in [4.69, 9.17) is 0 Å². The van der Waals surface area contributed by atoms with Crippen molar-refractivity contribution >= 4 is 79.7 Å². The minimum atomic E-state index is 0. The van der Waals surface area contributed by atoms with Gasteiger partial charge in [-0.2, -0.15) is 48.5 Å². The zero-order valence-electron chi connectivity index (χ0n) is 14.5. The Balaban J connectivity index is 0.00000144. The monoisotopic (exact) mass is 755 g/mol. The van der Waals surface area contributed by atoms with Crippen LogP contribution in [0.2, 0.25) is 0 Å². The van der Waals surface area contributed by atoms with Crippen LogP contribution in [0.5, 0.6) is 0 Å². The molecule has 0 unspecified atom stereocenters. The molecule has 0 saturated carbocycles. The van der Waals surface area contributed by atoms with E-state index >= 15 is 0 Å². The molecule has 0 amide bonds. The van der Waals surface area contributed by atoms with Crippen LogP contribution in [-0.4, -0.2) is 58.2 Å². The van der Waals surface area contributed by atoms with E-state index in [1.807, 2.05) is 24.3 Å². The molecule has 4 rings (SSSR count). The van der Waals surface area contributed by atoms with Gasteiger partial charge in [0.2, 0.25) is 0 Å². The van der Waals surface area contributed by atoms with Crippen molar-refractivity contribution in [1.29, 1.82) is 0 Å². The molecule has 0 spiro atoms. The Kier molecular flexibility index (Phi) is 15.6. The van der Waals surface area contributed by atoms with E-state index in [0.717, 1.165) is 6.42 Å². The smallest absolute Gasteiger partial charge is 0 e. The van der Waals surface area contributed by atoms with Gasteiger partial charge in [0, 0.05) is 169 Å². The van der Waals surface area contributed by atoms with Crippen molar-refractivity contribution in [3.63, 3.8) is 0 Å². The number of benzene rings is 4. The maximum atomic E-state index is 3.12. The summed E-state index contributed by atoms with van der Waals surface area (Å²) in [6.07, 6.45) is 0.961. The first-order chi connectivity index (χ1) is 10.4. The Bertz CT molecular complexity index is 863. The molecule has 109 valence electrons. The average molecular weight is 756 g/mol. The van der Waals surface area contributed by atoms with Crippen molar-refractivity contribution in [1.82, 2.24) is 0 Å². The van der Waals surface area contributed by atoms with Gasteiger partial charge in [-0.3, -0.25) is 0 Å². The first-order valence-electron chi connectivity index (χ1n) is 7.16. The molecule has 0 atom stereocenters. The van der Waals surface area contributed by atoms with Crippen LogP contribution in [0.1, 0.15) is 11.1 Å². The van der Waals surface area contributed by atoms with Gasteiger partial charge in [0.15, 0.2) is 0 Å². The van der Waals surface area contributed by atoms with E-state index in [9.17, 15) is 0 Å². The number of hydrogen-bond acceptors (Lipinski definition) is 0. The number of rotatable bonds is 2. The Labute approximate surface area is 285 Å². The third-order valence-corrected chi connectivity index (χ3v) is 3.91. The van der Waals surface area contributed by atoms with Crippen LogP contribution in [0.15, 0.2) is 72.8 Å². The van der Waals surface area contributed by atoms with Crippen LogP contribution in [-0.2, 0) is 71.8 Å². The van der Waals surface area contributed by atoms with E-state index < -0.39 is 0 Å². The van der Waals surface area contributed by atoms with Gasteiger partial charge >= 0.3 is 0 Å². The summed E-state index contributed by atoms with van der Waals surface area (Å²) in [5.41, 5.74) is 2.69. The molecule has 25 heavy (non-hydrogen) atoms. The summed E-state index contributed by atoms with van der Waals surface area (Å²) in [6, 6.07) is 31.8. The van der Waals surface area contributed by atoms with Gasteiger partial charge in [-0.25, -0.2) is 0 Å². The molecule has 0 bridgehead atoms. The maximum Gasteiger partial charge on any atom is 0 e. The fourth-order valence-corrected chi connectivity index (χ4v) is 2.81. The standard InChI is InChI=1S/C21H14.Ra.Rb.2Y/c1-3-7-20-14-16(9-11-18(20)5-1)13-17-10-12-19-6-2-4-8-21(19)15-17;;;;/h3-12,14-15H,13H2;;;;/q-2;;;;. The first-order valence-corrected chi connectivity index (χ1v) is 7.16. The Morgan fingerprint density at radius 1 is 0.600 bits per heavy atom. The van der Waals surface area contributed by atoms with E-state index in [2.05, 4.69) is 60.7 Å². The van der Waals surface area contributed by atoms with Gasteiger partial charge in [-0.15, -0.1) is 33.7 Å². The Morgan fingerprint density at radius 3 is 1.48 bits per heavy atom. The molecule has 0 saturated heterocycles. The third kappa shape index (κ3) is 7.57. The summed E-state index contributed by atoms with van der Waals surface area (Å²) in [7, 11) is 0. The third-order valence-electron chi connectivity index (χ3n) is 3.91. The molecule has 4 heteroatoms. The molecule has 0 N–H and O–H groups in total. The molecule has 5 radical (unpaired) electrons. The second-order valence-electron chi connectivity index (χ2n) is 5.39. The van der Waals surface area contributed by atoms with Crippen LogP contribution in [0.3, 0.4) is 0 Å². The second kappa shape index (κ2) is 14.0.